The van der Waals surface area contributed by atoms with Crippen LogP contribution in [0.5, 0.6) is 0 Å². The van der Waals surface area contributed by atoms with Crippen molar-refractivity contribution >= 4 is 46.0 Å². The Morgan fingerprint density at radius 2 is 1.96 bits per heavy atom. The summed E-state index contributed by atoms with van der Waals surface area (Å²) >= 11 is 7.44. The summed E-state index contributed by atoms with van der Waals surface area (Å²) in [7, 11) is 0. The summed E-state index contributed by atoms with van der Waals surface area (Å²) < 4.78 is 1.88. The maximum absolute atomic E-state index is 12.2. The largest absolute Gasteiger partial charge is 0.351 e. The minimum absolute atomic E-state index is 0.0949. The van der Waals surface area contributed by atoms with E-state index in [0.29, 0.717) is 22.2 Å². The minimum Gasteiger partial charge on any atom is -0.351 e. The van der Waals surface area contributed by atoms with Gasteiger partial charge in [0, 0.05) is 11.6 Å². The standard InChI is InChI=1S/C18H14ClN5OS/c19-13-6-2-1-5-12(13)9-20-16(25)10-26-18-17-23-21-11-24(17)15-8-4-3-7-14(15)22-18/h1-8,11H,9-10H2,(H,20,25). The smallest absolute Gasteiger partial charge is 0.230 e. The summed E-state index contributed by atoms with van der Waals surface area (Å²) in [5.74, 6) is 0.140. The molecule has 0 bridgehead atoms. The maximum Gasteiger partial charge on any atom is 0.230 e. The fourth-order valence-electron chi connectivity index (χ4n) is 2.60. The lowest BCUT2D eigenvalue weighted by Gasteiger charge is -2.08. The third-order valence-corrected chi connectivity index (χ3v) is 5.20. The second-order valence-corrected chi connectivity index (χ2v) is 6.96. The van der Waals surface area contributed by atoms with E-state index in [1.54, 1.807) is 12.4 Å². The van der Waals surface area contributed by atoms with Crippen LogP contribution in [-0.2, 0) is 11.3 Å². The molecule has 0 aliphatic rings. The van der Waals surface area contributed by atoms with Gasteiger partial charge in [-0.1, -0.05) is 53.7 Å². The van der Waals surface area contributed by atoms with Crippen molar-refractivity contribution < 1.29 is 4.79 Å². The molecule has 0 fully saturated rings. The number of rotatable bonds is 5. The Morgan fingerprint density at radius 1 is 1.15 bits per heavy atom. The van der Waals surface area contributed by atoms with Crippen molar-refractivity contribution in [2.24, 2.45) is 0 Å². The first kappa shape index (κ1) is 16.8. The highest BCUT2D eigenvalue weighted by molar-refractivity contribution is 8.00. The summed E-state index contributed by atoms with van der Waals surface area (Å²) in [6.45, 7) is 0.393. The van der Waals surface area contributed by atoms with Crippen LogP contribution in [0.1, 0.15) is 5.56 Å². The fourth-order valence-corrected chi connectivity index (χ4v) is 3.60. The van der Waals surface area contributed by atoms with Crippen LogP contribution in [0, 0.1) is 0 Å². The molecule has 4 rings (SSSR count). The van der Waals surface area contributed by atoms with Gasteiger partial charge in [0.05, 0.1) is 16.8 Å². The highest BCUT2D eigenvalue weighted by Crippen LogP contribution is 2.24. The van der Waals surface area contributed by atoms with Crippen molar-refractivity contribution in [1.82, 2.24) is 24.9 Å². The number of nitrogens with one attached hydrogen (secondary N) is 1. The van der Waals surface area contributed by atoms with E-state index in [2.05, 4.69) is 20.5 Å². The number of nitrogens with zero attached hydrogens (tertiary/aromatic N) is 4. The van der Waals surface area contributed by atoms with Crippen molar-refractivity contribution in [3.05, 3.63) is 65.4 Å². The first-order valence-corrected chi connectivity index (χ1v) is 9.30. The number of hydrogen-bond donors (Lipinski definition) is 1. The summed E-state index contributed by atoms with van der Waals surface area (Å²) in [6.07, 6.45) is 1.65. The van der Waals surface area contributed by atoms with E-state index in [1.165, 1.54) is 11.8 Å². The van der Waals surface area contributed by atoms with Crippen molar-refractivity contribution in [3.63, 3.8) is 0 Å². The van der Waals surface area contributed by atoms with Gasteiger partial charge in [0.1, 0.15) is 11.4 Å². The number of amides is 1. The number of thioether (sulfide) groups is 1. The van der Waals surface area contributed by atoms with Crippen molar-refractivity contribution in [3.8, 4) is 0 Å². The first-order chi connectivity index (χ1) is 12.7. The van der Waals surface area contributed by atoms with Gasteiger partial charge in [0.2, 0.25) is 5.91 Å². The molecule has 8 heteroatoms. The van der Waals surface area contributed by atoms with E-state index in [-0.39, 0.29) is 11.7 Å². The lowest BCUT2D eigenvalue weighted by molar-refractivity contribution is -0.118. The molecule has 130 valence electrons. The monoisotopic (exact) mass is 383 g/mol. The normalized spacial score (nSPS) is 11.1. The summed E-state index contributed by atoms with van der Waals surface area (Å²) in [4.78, 5) is 16.8. The molecule has 0 radical (unpaired) electrons. The third-order valence-electron chi connectivity index (χ3n) is 3.88. The number of halogens is 1. The van der Waals surface area contributed by atoms with E-state index < -0.39 is 0 Å². The van der Waals surface area contributed by atoms with Crippen LogP contribution >= 0.6 is 23.4 Å². The van der Waals surface area contributed by atoms with E-state index in [9.17, 15) is 4.79 Å². The topological polar surface area (TPSA) is 72.2 Å². The van der Waals surface area contributed by atoms with Gasteiger partial charge in [-0.15, -0.1) is 10.2 Å². The quantitative estimate of drug-likeness (QED) is 0.535. The molecule has 0 saturated heterocycles. The lowest BCUT2D eigenvalue weighted by atomic mass is 10.2. The molecule has 2 aromatic heterocycles. The molecule has 0 aliphatic heterocycles. The second-order valence-electron chi connectivity index (χ2n) is 5.59. The lowest BCUT2D eigenvalue weighted by Crippen LogP contribution is -2.24. The van der Waals surface area contributed by atoms with Gasteiger partial charge in [-0.05, 0) is 23.8 Å². The van der Waals surface area contributed by atoms with E-state index in [0.717, 1.165) is 16.6 Å². The van der Waals surface area contributed by atoms with Crippen LogP contribution in [0.15, 0.2) is 59.9 Å². The maximum atomic E-state index is 12.2. The SMILES string of the molecule is O=C(CSc1nc2ccccc2n2cnnc12)NCc1ccccc1Cl. The van der Waals surface area contributed by atoms with Gasteiger partial charge >= 0.3 is 0 Å². The first-order valence-electron chi connectivity index (χ1n) is 7.94. The van der Waals surface area contributed by atoms with Gasteiger partial charge in [-0.2, -0.15) is 0 Å². The Hall–Kier alpha value is -2.64. The van der Waals surface area contributed by atoms with E-state index in [4.69, 9.17) is 11.6 Å². The molecule has 0 atom stereocenters. The summed E-state index contributed by atoms with van der Waals surface area (Å²) in [6, 6.07) is 15.2. The summed E-state index contributed by atoms with van der Waals surface area (Å²) in [5.41, 5.74) is 3.29. The predicted molar refractivity (Wildman–Crippen MR) is 102 cm³/mol. The van der Waals surface area contributed by atoms with E-state index >= 15 is 0 Å². The van der Waals surface area contributed by atoms with Crippen molar-refractivity contribution in [1.29, 1.82) is 0 Å². The van der Waals surface area contributed by atoms with Crippen LogP contribution in [0.4, 0.5) is 0 Å². The summed E-state index contributed by atoms with van der Waals surface area (Å²) in [5, 5.41) is 12.3. The minimum atomic E-state index is -0.0949. The Kier molecular flexibility index (Phi) is 4.73. The van der Waals surface area contributed by atoms with Crippen molar-refractivity contribution in [2.75, 3.05) is 5.75 Å². The molecule has 2 aromatic carbocycles. The van der Waals surface area contributed by atoms with Crippen LogP contribution in [-0.4, -0.2) is 31.2 Å². The zero-order valence-corrected chi connectivity index (χ0v) is 15.2. The molecule has 1 N–H and O–H groups in total. The van der Waals surface area contributed by atoms with Gasteiger partial charge in [0.25, 0.3) is 0 Å². The number of carbonyl (C=O) groups is 1. The molecule has 4 aromatic rings. The average molecular weight is 384 g/mol. The molecule has 2 heterocycles. The number of carbonyl (C=O) groups excluding carboxylic acids is 1. The Morgan fingerprint density at radius 3 is 2.85 bits per heavy atom. The Labute approximate surface area is 158 Å². The third kappa shape index (κ3) is 3.36. The molecule has 0 aliphatic carbocycles. The molecule has 6 nitrogen and oxygen atoms in total. The number of aromatic nitrogens is 4. The highest BCUT2D eigenvalue weighted by atomic mass is 35.5. The zero-order chi connectivity index (χ0) is 17.9. The van der Waals surface area contributed by atoms with Crippen molar-refractivity contribution in [2.45, 2.75) is 11.6 Å². The predicted octanol–water partition coefficient (Wildman–Crippen LogP) is 3.34. The number of benzene rings is 2. The zero-order valence-electron chi connectivity index (χ0n) is 13.6. The van der Waals surface area contributed by atoms with Crippen LogP contribution < -0.4 is 5.32 Å². The Balaban J connectivity index is 1.48. The Bertz CT molecular complexity index is 1100. The van der Waals surface area contributed by atoms with Crippen LogP contribution in [0.2, 0.25) is 5.02 Å². The number of para-hydroxylation sites is 2. The fraction of sp³-hybridized carbons (Fsp3) is 0.111. The molecular weight excluding hydrogens is 370 g/mol. The molecular formula is C18H14ClN5OS. The molecule has 0 unspecified atom stereocenters. The van der Waals surface area contributed by atoms with Gasteiger partial charge in [-0.25, -0.2) is 4.98 Å². The van der Waals surface area contributed by atoms with Crippen LogP contribution in [0.3, 0.4) is 0 Å². The van der Waals surface area contributed by atoms with Gasteiger partial charge in [-0.3, -0.25) is 9.20 Å². The molecule has 0 spiro atoms. The number of fused-ring (bicyclic) bond motifs is 3. The van der Waals surface area contributed by atoms with Gasteiger partial charge < -0.3 is 5.32 Å². The average Bonchev–Trinajstić information content (AvgIpc) is 3.16. The van der Waals surface area contributed by atoms with E-state index in [1.807, 2.05) is 46.9 Å². The molecule has 1 amide bonds. The highest BCUT2D eigenvalue weighted by Gasteiger charge is 2.12. The van der Waals surface area contributed by atoms with Crippen LogP contribution in [0.25, 0.3) is 16.7 Å². The second kappa shape index (κ2) is 7.31. The number of hydrogen-bond acceptors (Lipinski definition) is 5. The molecule has 26 heavy (non-hydrogen) atoms. The molecule has 0 saturated carbocycles. The van der Waals surface area contributed by atoms with Gasteiger partial charge in [0.15, 0.2) is 5.65 Å².